The lowest BCUT2D eigenvalue weighted by atomic mass is 9.91. The molecular weight excluding hydrogens is 396 g/mol. The Kier molecular flexibility index (Phi) is 7.12. The molecule has 32 heavy (non-hydrogen) atoms. The summed E-state index contributed by atoms with van der Waals surface area (Å²) < 4.78 is 2.00. The topological polar surface area (TPSA) is 46.4 Å². The molecule has 172 valence electrons. The molecule has 0 fully saturated rings. The van der Waals surface area contributed by atoms with E-state index in [-0.39, 0.29) is 29.5 Å². The van der Waals surface area contributed by atoms with E-state index in [1.54, 1.807) is 0 Å². The first kappa shape index (κ1) is 24.0. The molecule has 2 aromatic carbocycles. The van der Waals surface area contributed by atoms with Gasteiger partial charge >= 0.3 is 5.84 Å². The van der Waals surface area contributed by atoms with Gasteiger partial charge in [0.1, 0.15) is 24.5 Å². The average Bonchev–Trinajstić information content (AvgIpc) is 3.17. The van der Waals surface area contributed by atoms with Gasteiger partial charge in [-0.2, -0.15) is 0 Å². The molecule has 0 bridgehead atoms. The summed E-state index contributed by atoms with van der Waals surface area (Å²) in [6, 6.07) is 12.7. The van der Waals surface area contributed by atoms with Gasteiger partial charge in [0.15, 0.2) is 5.97 Å². The van der Waals surface area contributed by atoms with Crippen LogP contribution >= 0.6 is 0 Å². The van der Waals surface area contributed by atoms with E-state index in [2.05, 4.69) is 91.8 Å². The molecule has 1 aliphatic heterocycles. The van der Waals surface area contributed by atoms with Crippen LogP contribution in [0.25, 0.3) is 0 Å². The monoisotopic (exact) mass is 434 g/mol. The predicted molar refractivity (Wildman–Crippen MR) is 131 cm³/mol. The number of rotatable bonds is 7. The maximum Gasteiger partial charge on any atom is 0.305 e. The van der Waals surface area contributed by atoms with Gasteiger partial charge in [-0.1, -0.05) is 91.8 Å². The fraction of sp³-hybridized carbons (Fsp3) is 0.500. The molecule has 4 heteroatoms. The normalized spacial score (nSPS) is 14.6. The zero-order valence-corrected chi connectivity index (χ0v) is 20.9. The standard InChI is InChI=1S/C28H38N2O2/c1-17(2)21-11-9-12-22(18(3)4)25(21)29-15-16-30(27(29)28(31)32)26-23(19(5)6)13-10-14-24(26)20(7)8/h9-14,17-20H,15-16H2,1-8H3. The van der Waals surface area contributed by atoms with Crippen LogP contribution in [-0.2, 0) is 4.79 Å². The Morgan fingerprint density at radius 2 is 1.19 bits per heavy atom. The van der Waals surface area contributed by atoms with Crippen molar-refractivity contribution in [2.45, 2.75) is 79.1 Å². The van der Waals surface area contributed by atoms with E-state index in [4.69, 9.17) is 0 Å². The van der Waals surface area contributed by atoms with Crippen LogP contribution in [0.3, 0.4) is 0 Å². The van der Waals surface area contributed by atoms with Crippen molar-refractivity contribution in [3.05, 3.63) is 58.7 Å². The van der Waals surface area contributed by atoms with Gasteiger partial charge in [-0.3, -0.25) is 0 Å². The summed E-state index contributed by atoms with van der Waals surface area (Å²) in [6.45, 7) is 18.6. The van der Waals surface area contributed by atoms with Gasteiger partial charge in [-0.15, -0.1) is 0 Å². The number of carbonyl (C=O) groups is 1. The molecule has 0 radical (unpaired) electrons. The second-order valence-electron chi connectivity index (χ2n) is 10.1. The molecule has 0 spiro atoms. The van der Waals surface area contributed by atoms with Crippen molar-refractivity contribution in [2.75, 3.05) is 18.0 Å². The Morgan fingerprint density at radius 1 is 0.781 bits per heavy atom. The first-order valence-corrected chi connectivity index (χ1v) is 11.9. The minimum Gasteiger partial charge on any atom is -0.538 e. The Balaban J connectivity index is 2.34. The average molecular weight is 435 g/mol. The quantitative estimate of drug-likeness (QED) is 0.541. The minimum absolute atomic E-state index is 0.259. The first-order chi connectivity index (χ1) is 15.1. The third-order valence-corrected chi connectivity index (χ3v) is 6.47. The summed E-state index contributed by atoms with van der Waals surface area (Å²) in [4.78, 5) is 14.7. The molecule has 4 nitrogen and oxygen atoms in total. The lowest BCUT2D eigenvalue weighted by Crippen LogP contribution is -2.45. The molecule has 3 rings (SSSR count). The Bertz CT molecular complexity index is 979. The fourth-order valence-electron chi connectivity index (χ4n) is 4.86. The van der Waals surface area contributed by atoms with Gasteiger partial charge in [-0.25, -0.2) is 9.48 Å². The number of carboxylic acid groups (broad SMARTS) is 1. The maximum atomic E-state index is 12.7. The molecule has 0 atom stereocenters. The largest absolute Gasteiger partial charge is 0.538 e. The number of hydrogen-bond donors (Lipinski definition) is 0. The van der Waals surface area contributed by atoms with Crippen LogP contribution in [0.2, 0.25) is 0 Å². The Hall–Kier alpha value is -2.62. The SMILES string of the molecule is CC(C)c1cccc(C(C)C)c1N1CC[N+](c2c(C(C)C)cccc2C(C)C)=C1C(=O)[O-]. The molecule has 0 saturated heterocycles. The van der Waals surface area contributed by atoms with Crippen LogP contribution in [0.15, 0.2) is 36.4 Å². The van der Waals surface area contributed by atoms with Gasteiger partial charge in [0.25, 0.3) is 0 Å². The number of nitrogens with zero attached hydrogens (tertiary/aromatic N) is 2. The van der Waals surface area contributed by atoms with Gasteiger partial charge in [0.2, 0.25) is 0 Å². The first-order valence-electron chi connectivity index (χ1n) is 11.9. The van der Waals surface area contributed by atoms with E-state index in [0.717, 1.165) is 11.4 Å². The number of carbonyl (C=O) groups excluding carboxylic acids is 1. The van der Waals surface area contributed by atoms with Crippen molar-refractivity contribution in [3.8, 4) is 0 Å². The number of hydrogen-bond acceptors (Lipinski definition) is 3. The second-order valence-corrected chi connectivity index (χ2v) is 10.1. The van der Waals surface area contributed by atoms with Crippen molar-refractivity contribution in [3.63, 3.8) is 0 Å². The summed E-state index contributed by atoms with van der Waals surface area (Å²) in [6.07, 6.45) is 0. The van der Waals surface area contributed by atoms with Crippen molar-refractivity contribution < 1.29 is 14.5 Å². The summed E-state index contributed by atoms with van der Waals surface area (Å²) in [5, 5.41) is 12.7. The fourth-order valence-corrected chi connectivity index (χ4v) is 4.86. The number of benzene rings is 2. The van der Waals surface area contributed by atoms with Crippen LogP contribution in [0.1, 0.15) is 101 Å². The lowest BCUT2D eigenvalue weighted by molar-refractivity contribution is -0.433. The molecule has 0 aliphatic carbocycles. The maximum absolute atomic E-state index is 12.7. The molecule has 0 aromatic heterocycles. The van der Waals surface area contributed by atoms with Crippen LogP contribution in [0.4, 0.5) is 11.4 Å². The third-order valence-electron chi connectivity index (χ3n) is 6.47. The molecular formula is C28H38N2O2. The molecule has 0 N–H and O–H groups in total. The van der Waals surface area contributed by atoms with Crippen LogP contribution in [-0.4, -0.2) is 29.5 Å². The molecule has 2 aromatic rings. The lowest BCUT2D eigenvalue weighted by Gasteiger charge is -2.24. The number of para-hydroxylation sites is 2. The molecule has 1 heterocycles. The minimum atomic E-state index is -1.12. The Morgan fingerprint density at radius 3 is 1.56 bits per heavy atom. The summed E-state index contributed by atoms with van der Waals surface area (Å²) in [5.41, 5.74) is 6.78. The van der Waals surface area contributed by atoms with E-state index in [0.29, 0.717) is 13.1 Å². The highest BCUT2D eigenvalue weighted by atomic mass is 16.4. The summed E-state index contributed by atoms with van der Waals surface area (Å²) >= 11 is 0. The number of aliphatic carboxylic acids is 1. The zero-order chi connectivity index (χ0) is 23.7. The molecule has 0 saturated carbocycles. The molecule has 1 aliphatic rings. The van der Waals surface area contributed by atoms with Crippen molar-refractivity contribution >= 4 is 23.2 Å². The van der Waals surface area contributed by atoms with Gasteiger partial charge in [0.05, 0.1) is 0 Å². The van der Waals surface area contributed by atoms with E-state index >= 15 is 0 Å². The van der Waals surface area contributed by atoms with Gasteiger partial charge in [0, 0.05) is 22.3 Å². The highest BCUT2D eigenvalue weighted by molar-refractivity contribution is 6.37. The van der Waals surface area contributed by atoms with E-state index < -0.39 is 5.97 Å². The molecule has 0 amide bonds. The number of amidine groups is 1. The van der Waals surface area contributed by atoms with Gasteiger partial charge < -0.3 is 9.90 Å². The van der Waals surface area contributed by atoms with Crippen LogP contribution in [0, 0.1) is 0 Å². The number of carboxylic acids is 1. The van der Waals surface area contributed by atoms with E-state index in [1.165, 1.54) is 22.3 Å². The van der Waals surface area contributed by atoms with E-state index in [1.807, 2.05) is 9.48 Å². The summed E-state index contributed by atoms with van der Waals surface area (Å²) in [7, 11) is 0. The number of anilines is 1. The highest BCUT2D eigenvalue weighted by Gasteiger charge is 2.39. The predicted octanol–water partition coefficient (Wildman–Crippen LogP) is 5.49. The van der Waals surface area contributed by atoms with E-state index in [9.17, 15) is 9.90 Å². The van der Waals surface area contributed by atoms with Crippen molar-refractivity contribution in [2.24, 2.45) is 0 Å². The Labute approximate surface area is 193 Å². The second kappa shape index (κ2) is 9.48. The zero-order valence-electron chi connectivity index (χ0n) is 20.9. The molecule has 0 unspecified atom stereocenters. The third kappa shape index (κ3) is 4.32. The highest BCUT2D eigenvalue weighted by Crippen LogP contribution is 2.39. The van der Waals surface area contributed by atoms with Crippen molar-refractivity contribution in [1.29, 1.82) is 0 Å². The van der Waals surface area contributed by atoms with Crippen LogP contribution < -0.4 is 10.0 Å². The van der Waals surface area contributed by atoms with Crippen LogP contribution in [0.5, 0.6) is 0 Å². The van der Waals surface area contributed by atoms with Crippen molar-refractivity contribution in [1.82, 2.24) is 0 Å². The van der Waals surface area contributed by atoms with Gasteiger partial charge in [-0.05, 0) is 23.7 Å². The smallest absolute Gasteiger partial charge is 0.305 e. The summed E-state index contributed by atoms with van der Waals surface area (Å²) in [5.74, 6) is 0.286.